The summed E-state index contributed by atoms with van der Waals surface area (Å²) < 4.78 is 25.7. The molecule has 3 heteroatoms. The van der Waals surface area contributed by atoms with Crippen molar-refractivity contribution in [3.63, 3.8) is 0 Å². The summed E-state index contributed by atoms with van der Waals surface area (Å²) in [6, 6.07) is 11.1. The van der Waals surface area contributed by atoms with E-state index in [4.69, 9.17) is 0 Å². The van der Waals surface area contributed by atoms with Gasteiger partial charge in [0.05, 0.1) is 17.1 Å². The zero-order valence-electron chi connectivity index (χ0n) is 7.90. The Morgan fingerprint density at radius 3 is 2.40 bits per heavy atom. The van der Waals surface area contributed by atoms with Crippen LogP contribution in [0.5, 0.6) is 0 Å². The van der Waals surface area contributed by atoms with E-state index in [-0.39, 0.29) is 0 Å². The Kier molecular flexibility index (Phi) is 1.75. The molecule has 3 rings (SSSR count). The maximum Gasteiger partial charge on any atom is 0.143 e. The lowest BCUT2D eigenvalue weighted by molar-refractivity contribution is 0.372. The van der Waals surface area contributed by atoms with Crippen molar-refractivity contribution in [3.05, 3.63) is 42.1 Å². The highest BCUT2D eigenvalue weighted by Gasteiger charge is 2.54. The van der Waals surface area contributed by atoms with Crippen LogP contribution < -0.4 is 0 Å². The number of alkyl halides is 2. The van der Waals surface area contributed by atoms with Gasteiger partial charge in [-0.05, 0) is 12.1 Å². The van der Waals surface area contributed by atoms with Crippen LogP contribution >= 0.6 is 0 Å². The van der Waals surface area contributed by atoms with Crippen LogP contribution in [-0.2, 0) is 0 Å². The third-order valence-corrected chi connectivity index (χ3v) is 2.81. The maximum absolute atomic E-state index is 12.8. The minimum Gasteiger partial charge on any atom is -0.252 e. The topological polar surface area (TPSA) is 12.9 Å². The highest BCUT2D eigenvalue weighted by molar-refractivity contribution is 5.78. The molecular weight excluding hydrogens is 196 g/mol. The first-order chi connectivity index (χ1) is 7.27. The molecule has 0 spiro atoms. The fourth-order valence-electron chi connectivity index (χ4n) is 1.83. The second-order valence-corrected chi connectivity index (χ2v) is 3.84. The minimum absolute atomic E-state index is 0.522. The maximum atomic E-state index is 12.8. The van der Waals surface area contributed by atoms with Crippen molar-refractivity contribution in [2.45, 2.75) is 18.3 Å². The van der Waals surface area contributed by atoms with Gasteiger partial charge in [0.15, 0.2) is 0 Å². The van der Waals surface area contributed by atoms with Crippen molar-refractivity contribution in [1.82, 2.24) is 4.98 Å². The fourth-order valence-corrected chi connectivity index (χ4v) is 1.83. The smallest absolute Gasteiger partial charge is 0.143 e. The number of hydrogen-bond acceptors (Lipinski definition) is 1. The molecular formula is C12H9F2N. The normalized spacial score (nSPS) is 29.3. The summed E-state index contributed by atoms with van der Waals surface area (Å²) in [5, 5.41) is 0.993. The van der Waals surface area contributed by atoms with E-state index in [0.29, 0.717) is 5.69 Å². The summed E-state index contributed by atoms with van der Waals surface area (Å²) in [4.78, 5) is 4.26. The van der Waals surface area contributed by atoms with Crippen molar-refractivity contribution in [2.24, 2.45) is 0 Å². The van der Waals surface area contributed by atoms with Gasteiger partial charge < -0.3 is 0 Å². The third-order valence-electron chi connectivity index (χ3n) is 2.81. The summed E-state index contributed by atoms with van der Waals surface area (Å²) >= 11 is 0. The van der Waals surface area contributed by atoms with Crippen molar-refractivity contribution in [1.29, 1.82) is 0 Å². The monoisotopic (exact) mass is 205 g/mol. The van der Waals surface area contributed by atoms with E-state index in [1.807, 2.05) is 30.3 Å². The average Bonchev–Trinajstić information content (AvgIpc) is 2.86. The number of aromatic nitrogens is 1. The lowest BCUT2D eigenvalue weighted by atomic mass is 10.1. The molecule has 0 amide bonds. The Morgan fingerprint density at radius 1 is 0.933 bits per heavy atom. The third kappa shape index (κ3) is 1.30. The van der Waals surface area contributed by atoms with Gasteiger partial charge in [0.25, 0.3) is 0 Å². The number of para-hydroxylation sites is 1. The Hall–Kier alpha value is -1.51. The quantitative estimate of drug-likeness (QED) is 0.697. The van der Waals surface area contributed by atoms with Crippen LogP contribution in [0.2, 0.25) is 0 Å². The first kappa shape index (κ1) is 8.77. The van der Waals surface area contributed by atoms with Crippen molar-refractivity contribution < 1.29 is 8.78 Å². The van der Waals surface area contributed by atoms with Crippen molar-refractivity contribution in [2.75, 3.05) is 0 Å². The predicted octanol–water partition coefficient (Wildman–Crippen LogP) is 3.01. The van der Waals surface area contributed by atoms with Gasteiger partial charge in [0.1, 0.15) is 12.3 Å². The SMILES string of the molecule is FC1C(F)C1c1ccc2ccccc2n1. The van der Waals surface area contributed by atoms with Crippen LogP contribution in [0, 0.1) is 0 Å². The van der Waals surface area contributed by atoms with Crippen LogP contribution in [0.15, 0.2) is 36.4 Å². The molecule has 1 aromatic heterocycles. The van der Waals surface area contributed by atoms with Crippen LogP contribution in [0.1, 0.15) is 11.6 Å². The molecule has 1 nitrogen and oxygen atoms in total. The highest BCUT2D eigenvalue weighted by Crippen LogP contribution is 2.45. The second kappa shape index (κ2) is 2.99. The van der Waals surface area contributed by atoms with Gasteiger partial charge in [-0.1, -0.05) is 24.3 Å². The van der Waals surface area contributed by atoms with E-state index >= 15 is 0 Å². The summed E-state index contributed by atoms with van der Waals surface area (Å²) in [5.41, 5.74) is 1.31. The molecule has 1 heterocycles. The standard InChI is InChI=1S/C12H9F2N/c13-11-10(12(11)14)9-6-5-7-3-1-2-4-8(7)15-9/h1-6,10-12H. The number of fused-ring (bicyclic) bond motifs is 1. The van der Waals surface area contributed by atoms with Crippen LogP contribution in [-0.4, -0.2) is 17.3 Å². The van der Waals surface area contributed by atoms with Gasteiger partial charge >= 0.3 is 0 Å². The molecule has 1 saturated carbocycles. The molecule has 0 radical (unpaired) electrons. The molecule has 15 heavy (non-hydrogen) atoms. The fraction of sp³-hybridized carbons (Fsp3) is 0.250. The average molecular weight is 205 g/mol. The van der Waals surface area contributed by atoms with Gasteiger partial charge in [-0.2, -0.15) is 0 Å². The van der Waals surface area contributed by atoms with Gasteiger partial charge in [0.2, 0.25) is 0 Å². The Bertz CT molecular complexity index is 504. The summed E-state index contributed by atoms with van der Waals surface area (Å²) in [6.07, 6.45) is -2.72. The number of hydrogen-bond donors (Lipinski definition) is 0. The Labute approximate surface area is 85.8 Å². The molecule has 1 fully saturated rings. The van der Waals surface area contributed by atoms with Gasteiger partial charge in [-0.15, -0.1) is 0 Å². The summed E-state index contributed by atoms with van der Waals surface area (Å²) in [7, 11) is 0. The highest BCUT2D eigenvalue weighted by atomic mass is 19.2. The first-order valence-corrected chi connectivity index (χ1v) is 4.91. The van der Waals surface area contributed by atoms with E-state index in [0.717, 1.165) is 10.9 Å². The molecule has 0 aliphatic heterocycles. The van der Waals surface area contributed by atoms with E-state index in [1.165, 1.54) is 0 Å². The number of pyridine rings is 1. The number of rotatable bonds is 1. The zero-order chi connectivity index (χ0) is 10.4. The Balaban J connectivity index is 2.07. The molecule has 2 unspecified atom stereocenters. The van der Waals surface area contributed by atoms with Gasteiger partial charge in [-0.3, -0.25) is 4.98 Å². The number of halogens is 2. The molecule has 0 saturated heterocycles. The molecule has 2 aromatic rings. The van der Waals surface area contributed by atoms with Gasteiger partial charge in [-0.25, -0.2) is 8.78 Å². The number of benzene rings is 1. The lowest BCUT2D eigenvalue weighted by Gasteiger charge is -2.00. The van der Waals surface area contributed by atoms with E-state index < -0.39 is 18.3 Å². The van der Waals surface area contributed by atoms with Crippen LogP contribution in [0.4, 0.5) is 8.78 Å². The van der Waals surface area contributed by atoms with Gasteiger partial charge in [0, 0.05) is 5.39 Å². The lowest BCUT2D eigenvalue weighted by Crippen LogP contribution is -1.89. The van der Waals surface area contributed by atoms with Crippen LogP contribution in [0.25, 0.3) is 10.9 Å². The van der Waals surface area contributed by atoms with E-state index in [1.54, 1.807) is 6.07 Å². The second-order valence-electron chi connectivity index (χ2n) is 3.84. The predicted molar refractivity (Wildman–Crippen MR) is 54.3 cm³/mol. The largest absolute Gasteiger partial charge is 0.252 e. The minimum atomic E-state index is -1.36. The summed E-state index contributed by atoms with van der Waals surface area (Å²) in [5.74, 6) is -0.644. The van der Waals surface area contributed by atoms with Crippen LogP contribution in [0.3, 0.4) is 0 Å². The summed E-state index contributed by atoms with van der Waals surface area (Å²) in [6.45, 7) is 0. The molecule has 1 aliphatic rings. The molecule has 0 bridgehead atoms. The molecule has 76 valence electrons. The van der Waals surface area contributed by atoms with Crippen molar-refractivity contribution in [3.8, 4) is 0 Å². The molecule has 1 aliphatic carbocycles. The van der Waals surface area contributed by atoms with E-state index in [9.17, 15) is 8.78 Å². The zero-order valence-corrected chi connectivity index (χ0v) is 7.90. The molecule has 0 N–H and O–H groups in total. The molecule has 2 atom stereocenters. The number of nitrogens with zero attached hydrogens (tertiary/aromatic N) is 1. The first-order valence-electron chi connectivity index (χ1n) is 4.91. The molecule has 1 aromatic carbocycles. The van der Waals surface area contributed by atoms with E-state index in [2.05, 4.69) is 4.98 Å². The van der Waals surface area contributed by atoms with Crippen molar-refractivity contribution >= 4 is 10.9 Å². The Morgan fingerprint density at radius 2 is 1.67 bits per heavy atom.